The van der Waals surface area contributed by atoms with E-state index in [0.717, 1.165) is 28.9 Å². The Morgan fingerprint density at radius 2 is 1.45 bits per heavy atom. The molecule has 2 aromatic rings. The lowest BCUT2D eigenvalue weighted by Gasteiger charge is -2.42. The first kappa shape index (κ1) is 20.0. The minimum atomic E-state index is -0.222. The maximum Gasteiger partial charge on any atom is 0.123 e. The molecule has 0 spiro atoms. The van der Waals surface area contributed by atoms with Crippen molar-refractivity contribution in [2.24, 2.45) is 17.8 Å². The summed E-state index contributed by atoms with van der Waals surface area (Å²) in [4.78, 5) is 0. The van der Waals surface area contributed by atoms with Crippen molar-refractivity contribution >= 4 is 0 Å². The highest BCUT2D eigenvalue weighted by atomic mass is 19.1. The fourth-order valence-electron chi connectivity index (χ4n) is 5.42. The van der Waals surface area contributed by atoms with E-state index in [1.165, 1.54) is 69.1 Å². The molecule has 2 aliphatic carbocycles. The van der Waals surface area contributed by atoms with Gasteiger partial charge in [0, 0.05) is 11.1 Å². The van der Waals surface area contributed by atoms with Gasteiger partial charge in [-0.2, -0.15) is 0 Å². The largest absolute Gasteiger partial charge is 0.207 e. The van der Waals surface area contributed by atoms with Crippen molar-refractivity contribution < 1.29 is 4.39 Å². The van der Waals surface area contributed by atoms with Crippen LogP contribution in [0, 0.1) is 35.4 Å². The summed E-state index contributed by atoms with van der Waals surface area (Å²) in [5.41, 5.74) is 3.34. The molecule has 2 fully saturated rings. The van der Waals surface area contributed by atoms with Crippen molar-refractivity contribution in [2.75, 3.05) is 0 Å². The Hall–Kier alpha value is -2.33. The molecule has 4 rings (SSSR count). The van der Waals surface area contributed by atoms with Gasteiger partial charge in [0.1, 0.15) is 5.82 Å². The number of benzene rings is 2. The molecule has 4 atom stereocenters. The predicted molar refractivity (Wildman–Crippen MR) is 119 cm³/mol. The van der Waals surface area contributed by atoms with Crippen LogP contribution in [0.5, 0.6) is 0 Å². The Morgan fingerprint density at radius 3 is 2.14 bits per heavy atom. The summed E-state index contributed by atoms with van der Waals surface area (Å²) in [5.74, 6) is 9.62. The van der Waals surface area contributed by atoms with Crippen molar-refractivity contribution in [2.45, 2.75) is 57.3 Å². The molecule has 0 radical (unpaired) electrons. The zero-order chi connectivity index (χ0) is 20.1. The smallest absolute Gasteiger partial charge is 0.123 e. The number of halogens is 1. The molecular weight excluding hydrogens is 355 g/mol. The van der Waals surface area contributed by atoms with Gasteiger partial charge in [0.2, 0.25) is 0 Å². The molecule has 2 aromatic carbocycles. The van der Waals surface area contributed by atoms with Crippen LogP contribution in [0.3, 0.4) is 0 Å². The van der Waals surface area contributed by atoms with Crippen LogP contribution in [0.1, 0.15) is 74.0 Å². The molecular formula is C28H31F. The van der Waals surface area contributed by atoms with Gasteiger partial charge in [0.25, 0.3) is 0 Å². The minimum absolute atomic E-state index is 0.222. The highest BCUT2D eigenvalue weighted by Gasteiger charge is 2.35. The zero-order valence-electron chi connectivity index (χ0n) is 17.2. The molecule has 0 nitrogen and oxygen atoms in total. The quantitative estimate of drug-likeness (QED) is 0.377. The topological polar surface area (TPSA) is 0 Å². The van der Waals surface area contributed by atoms with E-state index in [9.17, 15) is 4.39 Å². The molecule has 2 saturated carbocycles. The van der Waals surface area contributed by atoms with E-state index in [-0.39, 0.29) is 5.82 Å². The lowest BCUT2D eigenvalue weighted by atomic mass is 9.63. The van der Waals surface area contributed by atoms with E-state index in [2.05, 4.69) is 48.8 Å². The van der Waals surface area contributed by atoms with Crippen LogP contribution < -0.4 is 0 Å². The van der Waals surface area contributed by atoms with Crippen LogP contribution in [0.15, 0.2) is 61.2 Å². The van der Waals surface area contributed by atoms with Crippen LogP contribution in [-0.2, 0) is 0 Å². The molecule has 0 amide bonds. The summed E-state index contributed by atoms with van der Waals surface area (Å²) in [5, 5.41) is 0. The third kappa shape index (κ3) is 5.18. The molecule has 0 bridgehead atoms. The Morgan fingerprint density at radius 1 is 0.828 bits per heavy atom. The average Bonchev–Trinajstić information content (AvgIpc) is 2.77. The van der Waals surface area contributed by atoms with Crippen LogP contribution in [0.4, 0.5) is 4.39 Å². The zero-order valence-corrected chi connectivity index (χ0v) is 17.2. The van der Waals surface area contributed by atoms with Crippen LogP contribution >= 0.6 is 0 Å². The highest BCUT2D eigenvalue weighted by molar-refractivity contribution is 5.43. The highest BCUT2D eigenvalue weighted by Crippen LogP contribution is 2.48. The fourth-order valence-corrected chi connectivity index (χ4v) is 5.42. The second-order valence-electron chi connectivity index (χ2n) is 8.95. The minimum Gasteiger partial charge on any atom is -0.207 e. The average molecular weight is 387 g/mol. The predicted octanol–water partition coefficient (Wildman–Crippen LogP) is 7.49. The molecule has 2 unspecified atom stereocenters. The number of allylic oxidation sites excluding steroid dienone is 1. The summed E-state index contributed by atoms with van der Waals surface area (Å²) in [6.07, 6.45) is 13.0. The van der Waals surface area contributed by atoms with Crippen molar-refractivity contribution in [3.63, 3.8) is 0 Å². The summed E-state index contributed by atoms with van der Waals surface area (Å²) in [6, 6.07) is 15.2. The van der Waals surface area contributed by atoms with Gasteiger partial charge in [-0.3, -0.25) is 0 Å². The number of hydrogen-bond acceptors (Lipinski definition) is 0. The molecule has 0 aliphatic heterocycles. The molecule has 2 aliphatic rings. The van der Waals surface area contributed by atoms with Crippen molar-refractivity contribution in [1.82, 2.24) is 0 Å². The van der Waals surface area contributed by atoms with Crippen molar-refractivity contribution in [3.05, 3.63) is 83.7 Å². The lowest BCUT2D eigenvalue weighted by Crippen LogP contribution is -2.30. The van der Waals surface area contributed by atoms with Crippen LogP contribution in [0.25, 0.3) is 0 Å². The number of fused-ring (bicyclic) bond motifs is 1. The third-order valence-corrected chi connectivity index (χ3v) is 7.08. The molecule has 0 aromatic heterocycles. The van der Waals surface area contributed by atoms with Crippen LogP contribution in [0.2, 0.25) is 0 Å². The monoisotopic (exact) mass is 386 g/mol. The first-order chi connectivity index (χ1) is 14.2. The Labute approximate surface area is 175 Å². The van der Waals surface area contributed by atoms with E-state index in [0.29, 0.717) is 5.92 Å². The van der Waals surface area contributed by atoms with Crippen molar-refractivity contribution in [1.29, 1.82) is 0 Å². The van der Waals surface area contributed by atoms with Crippen LogP contribution in [-0.4, -0.2) is 0 Å². The molecule has 0 N–H and O–H groups in total. The maximum atomic E-state index is 13.0. The van der Waals surface area contributed by atoms with E-state index < -0.39 is 0 Å². The molecule has 29 heavy (non-hydrogen) atoms. The number of hydrogen-bond donors (Lipinski definition) is 0. The molecule has 0 saturated heterocycles. The van der Waals surface area contributed by atoms with E-state index >= 15 is 0 Å². The first-order valence-corrected chi connectivity index (χ1v) is 11.2. The summed E-state index contributed by atoms with van der Waals surface area (Å²) >= 11 is 0. The van der Waals surface area contributed by atoms with E-state index in [1.54, 1.807) is 12.1 Å². The SMILES string of the molecule is C=CCC[C@@H]1CC[C@@H]2CC(c3ccc(C#Cc4ccc(F)cc4)cc3)CCC2C1. The summed E-state index contributed by atoms with van der Waals surface area (Å²) in [7, 11) is 0. The normalized spacial score (nSPS) is 26.1. The lowest BCUT2D eigenvalue weighted by molar-refractivity contribution is 0.115. The van der Waals surface area contributed by atoms with Gasteiger partial charge in [-0.15, -0.1) is 6.58 Å². The van der Waals surface area contributed by atoms with E-state index in [4.69, 9.17) is 0 Å². The molecule has 1 heteroatoms. The van der Waals surface area contributed by atoms with Gasteiger partial charge < -0.3 is 0 Å². The van der Waals surface area contributed by atoms with Crippen molar-refractivity contribution in [3.8, 4) is 11.8 Å². The maximum absolute atomic E-state index is 13.0. The third-order valence-electron chi connectivity index (χ3n) is 7.08. The van der Waals surface area contributed by atoms with Gasteiger partial charge in [0.15, 0.2) is 0 Å². The van der Waals surface area contributed by atoms with Gasteiger partial charge in [-0.05, 0) is 111 Å². The van der Waals surface area contributed by atoms with Gasteiger partial charge in [-0.25, -0.2) is 4.39 Å². The summed E-state index contributed by atoms with van der Waals surface area (Å²) < 4.78 is 13.0. The molecule has 150 valence electrons. The van der Waals surface area contributed by atoms with Gasteiger partial charge in [0.05, 0.1) is 0 Å². The van der Waals surface area contributed by atoms with Gasteiger partial charge >= 0.3 is 0 Å². The molecule has 0 heterocycles. The Kier molecular flexibility index (Phi) is 6.50. The Balaban J connectivity index is 1.34. The first-order valence-electron chi connectivity index (χ1n) is 11.2. The second-order valence-corrected chi connectivity index (χ2v) is 8.95. The Bertz CT molecular complexity index is 865. The fraction of sp³-hybridized carbons (Fsp3) is 0.429. The number of rotatable bonds is 4. The standard InChI is InChI=1S/C28H31F/c1-2-3-4-23-9-14-27-20-26(16-15-25(27)19-23)24-12-7-21(8-13-24)5-6-22-10-17-28(29)18-11-22/h2,7-8,10-13,17-18,23,25-27H,1,3-4,9,14-16,19-20H2/t23-,25?,26?,27-/m1/s1. The summed E-state index contributed by atoms with van der Waals surface area (Å²) in [6.45, 7) is 3.88. The second kappa shape index (κ2) is 9.45. The van der Waals surface area contributed by atoms with E-state index in [1.807, 2.05) is 0 Å². The van der Waals surface area contributed by atoms with Gasteiger partial charge in [-0.1, -0.05) is 36.5 Å².